The molecule has 0 spiro atoms. The van der Waals surface area contributed by atoms with Crippen molar-refractivity contribution in [2.75, 3.05) is 38.2 Å². The van der Waals surface area contributed by atoms with Crippen LogP contribution in [0.2, 0.25) is 0 Å². The molecule has 9 nitrogen and oxygen atoms in total. The van der Waals surface area contributed by atoms with Crippen LogP contribution in [0.1, 0.15) is 0 Å². The third-order valence-corrected chi connectivity index (χ3v) is 5.80. The van der Waals surface area contributed by atoms with E-state index in [-0.39, 0.29) is 17.4 Å². The van der Waals surface area contributed by atoms with Crippen molar-refractivity contribution >= 4 is 21.6 Å². The molecular formula is C17H19N3O6S. The molecule has 1 aromatic carbocycles. The second-order valence-corrected chi connectivity index (χ2v) is 7.68. The molecule has 1 fully saturated rings. The summed E-state index contributed by atoms with van der Waals surface area (Å²) in [5.41, 5.74) is 0.424. The number of carbonyl (C=O) groups excluding carboxylic acids is 1. The Morgan fingerprint density at radius 2 is 1.89 bits per heavy atom. The molecule has 0 bridgehead atoms. The smallest absolute Gasteiger partial charge is 0.379 e. The van der Waals surface area contributed by atoms with Crippen molar-refractivity contribution < 1.29 is 27.4 Å². The van der Waals surface area contributed by atoms with E-state index >= 15 is 0 Å². The lowest BCUT2D eigenvalue weighted by Crippen LogP contribution is -2.40. The SMILES string of the molecule is O=C(COc1cccc[n+]1[O-])Nc1ccc(S(=O)(=O)N2CCOCC2)cc1. The van der Waals surface area contributed by atoms with E-state index in [1.54, 1.807) is 12.1 Å². The first-order valence-electron chi connectivity index (χ1n) is 8.25. The number of ether oxygens (including phenoxy) is 2. The monoisotopic (exact) mass is 393 g/mol. The van der Waals surface area contributed by atoms with Crippen LogP contribution in [0, 0.1) is 5.21 Å². The van der Waals surface area contributed by atoms with Crippen molar-refractivity contribution in [2.24, 2.45) is 0 Å². The molecule has 144 valence electrons. The number of hydrogen-bond donors (Lipinski definition) is 1. The molecule has 0 atom stereocenters. The van der Waals surface area contributed by atoms with E-state index in [9.17, 15) is 18.4 Å². The average molecular weight is 393 g/mol. The molecule has 1 N–H and O–H groups in total. The second-order valence-electron chi connectivity index (χ2n) is 5.74. The number of morpholine rings is 1. The summed E-state index contributed by atoms with van der Waals surface area (Å²) in [5.74, 6) is -0.456. The molecule has 0 radical (unpaired) electrons. The number of sulfonamides is 1. The summed E-state index contributed by atoms with van der Waals surface area (Å²) in [6, 6.07) is 10.5. The van der Waals surface area contributed by atoms with Gasteiger partial charge in [0, 0.05) is 24.8 Å². The number of carbonyl (C=O) groups is 1. The minimum atomic E-state index is -3.58. The van der Waals surface area contributed by atoms with Crippen LogP contribution in [-0.4, -0.2) is 51.5 Å². The Labute approximate surface area is 156 Å². The maximum atomic E-state index is 12.5. The summed E-state index contributed by atoms with van der Waals surface area (Å²) in [4.78, 5) is 12.1. The molecule has 0 unspecified atom stereocenters. The Morgan fingerprint density at radius 1 is 1.19 bits per heavy atom. The molecule has 27 heavy (non-hydrogen) atoms. The molecular weight excluding hydrogens is 374 g/mol. The fourth-order valence-corrected chi connectivity index (χ4v) is 3.92. The molecule has 2 heterocycles. The van der Waals surface area contributed by atoms with Gasteiger partial charge in [-0.3, -0.25) is 4.79 Å². The van der Waals surface area contributed by atoms with Crippen molar-refractivity contribution in [3.8, 4) is 5.88 Å². The summed E-state index contributed by atoms with van der Waals surface area (Å²) in [6.45, 7) is 1.03. The maximum Gasteiger partial charge on any atom is 0.379 e. The number of amides is 1. The number of rotatable bonds is 6. The number of benzene rings is 1. The largest absolute Gasteiger partial charge is 0.616 e. The van der Waals surface area contributed by atoms with Gasteiger partial charge in [-0.1, -0.05) is 0 Å². The van der Waals surface area contributed by atoms with Gasteiger partial charge in [0.2, 0.25) is 10.0 Å². The van der Waals surface area contributed by atoms with E-state index in [1.165, 1.54) is 40.8 Å². The van der Waals surface area contributed by atoms with Crippen molar-refractivity contribution in [3.63, 3.8) is 0 Å². The number of aromatic nitrogens is 1. The van der Waals surface area contributed by atoms with Crippen LogP contribution in [-0.2, 0) is 19.6 Å². The average Bonchev–Trinajstić information content (AvgIpc) is 2.68. The predicted molar refractivity (Wildman–Crippen MR) is 95.5 cm³/mol. The summed E-state index contributed by atoms with van der Waals surface area (Å²) in [7, 11) is -3.58. The number of pyridine rings is 1. The second kappa shape index (κ2) is 8.33. The van der Waals surface area contributed by atoms with Crippen LogP contribution in [0.4, 0.5) is 5.69 Å². The fraction of sp³-hybridized carbons (Fsp3) is 0.294. The third kappa shape index (κ3) is 4.73. The van der Waals surface area contributed by atoms with Gasteiger partial charge < -0.3 is 20.0 Å². The molecule has 1 amide bonds. The van der Waals surface area contributed by atoms with Gasteiger partial charge in [0.1, 0.15) is 0 Å². The van der Waals surface area contributed by atoms with Crippen LogP contribution in [0.15, 0.2) is 53.6 Å². The lowest BCUT2D eigenvalue weighted by atomic mass is 10.3. The summed E-state index contributed by atoms with van der Waals surface area (Å²) in [5, 5.41) is 14.0. The molecule has 1 saturated heterocycles. The zero-order valence-electron chi connectivity index (χ0n) is 14.4. The van der Waals surface area contributed by atoms with Crippen molar-refractivity contribution in [1.82, 2.24) is 4.31 Å². The number of hydrogen-bond acceptors (Lipinski definition) is 6. The van der Waals surface area contributed by atoms with E-state index in [0.717, 1.165) is 0 Å². The highest BCUT2D eigenvalue weighted by molar-refractivity contribution is 7.89. The number of nitrogens with zero attached hydrogens (tertiary/aromatic N) is 2. The van der Waals surface area contributed by atoms with Gasteiger partial charge in [-0.2, -0.15) is 4.31 Å². The molecule has 1 aliphatic heterocycles. The van der Waals surface area contributed by atoms with E-state index in [4.69, 9.17) is 9.47 Å². The topological polar surface area (TPSA) is 112 Å². The Bertz CT molecular complexity index is 895. The molecule has 1 aliphatic rings. The van der Waals surface area contributed by atoms with E-state index in [2.05, 4.69) is 5.32 Å². The summed E-state index contributed by atoms with van der Waals surface area (Å²) >= 11 is 0. The highest BCUT2D eigenvalue weighted by Gasteiger charge is 2.26. The van der Waals surface area contributed by atoms with Crippen LogP contribution >= 0.6 is 0 Å². The van der Waals surface area contributed by atoms with Crippen LogP contribution in [0.3, 0.4) is 0 Å². The molecule has 10 heteroatoms. The predicted octanol–water partition coefficient (Wildman–Crippen LogP) is 0.358. The Balaban J connectivity index is 1.58. The van der Waals surface area contributed by atoms with Gasteiger partial charge in [0.15, 0.2) is 12.8 Å². The fourth-order valence-electron chi connectivity index (χ4n) is 2.51. The van der Waals surface area contributed by atoms with Crippen molar-refractivity contribution in [3.05, 3.63) is 53.9 Å². The highest BCUT2D eigenvalue weighted by Crippen LogP contribution is 2.19. The third-order valence-electron chi connectivity index (χ3n) is 3.89. The van der Waals surface area contributed by atoms with Crippen LogP contribution in [0.5, 0.6) is 5.88 Å². The van der Waals surface area contributed by atoms with Gasteiger partial charge in [0.25, 0.3) is 5.91 Å². The summed E-state index contributed by atoms with van der Waals surface area (Å²) < 4.78 is 37.3. The lowest BCUT2D eigenvalue weighted by molar-refractivity contribution is -0.612. The van der Waals surface area contributed by atoms with Crippen LogP contribution < -0.4 is 14.8 Å². The van der Waals surface area contributed by atoms with Gasteiger partial charge in [-0.05, 0) is 30.3 Å². The standard InChI is InChI=1S/C17H19N3O6S/c21-16(13-26-17-3-1-2-8-20(17)22)18-14-4-6-15(7-5-14)27(23,24)19-9-11-25-12-10-19/h1-8H,9-13H2,(H,18,21). The van der Waals surface area contributed by atoms with Crippen molar-refractivity contribution in [2.45, 2.75) is 4.90 Å². The molecule has 1 aromatic heterocycles. The van der Waals surface area contributed by atoms with E-state index in [0.29, 0.717) is 36.7 Å². The zero-order chi connectivity index (χ0) is 19.3. The molecule has 0 saturated carbocycles. The van der Waals surface area contributed by atoms with Crippen LogP contribution in [0.25, 0.3) is 0 Å². The van der Waals surface area contributed by atoms with Gasteiger partial charge in [-0.15, -0.1) is 4.73 Å². The Hall–Kier alpha value is -2.69. The lowest BCUT2D eigenvalue weighted by Gasteiger charge is -2.26. The summed E-state index contributed by atoms with van der Waals surface area (Å²) in [6.07, 6.45) is 1.26. The number of nitrogens with one attached hydrogen (secondary N) is 1. The Morgan fingerprint density at radius 3 is 2.56 bits per heavy atom. The van der Waals surface area contributed by atoms with E-state index < -0.39 is 15.9 Å². The first kappa shape index (κ1) is 19.1. The Kier molecular flexibility index (Phi) is 5.89. The first-order chi connectivity index (χ1) is 13.0. The van der Waals surface area contributed by atoms with E-state index in [1.807, 2.05) is 0 Å². The highest BCUT2D eigenvalue weighted by atomic mass is 32.2. The van der Waals surface area contributed by atoms with Gasteiger partial charge in [-0.25, -0.2) is 8.42 Å². The minimum Gasteiger partial charge on any atom is -0.616 e. The molecule has 3 rings (SSSR count). The van der Waals surface area contributed by atoms with Gasteiger partial charge in [0.05, 0.1) is 24.2 Å². The zero-order valence-corrected chi connectivity index (χ0v) is 15.2. The molecule has 0 aliphatic carbocycles. The maximum absolute atomic E-state index is 12.5. The quantitative estimate of drug-likeness (QED) is 0.560. The molecule has 2 aromatic rings. The first-order valence-corrected chi connectivity index (χ1v) is 9.69. The number of anilines is 1. The van der Waals surface area contributed by atoms with Gasteiger partial charge >= 0.3 is 5.88 Å². The normalized spacial score (nSPS) is 15.3. The minimum absolute atomic E-state index is 0.0135. The van der Waals surface area contributed by atoms with Crippen molar-refractivity contribution in [1.29, 1.82) is 0 Å².